The lowest BCUT2D eigenvalue weighted by Crippen LogP contribution is -2.48. The normalized spacial score (nSPS) is 17.8. The van der Waals surface area contributed by atoms with Crippen LogP contribution in [-0.4, -0.2) is 45.3 Å². The zero-order valence-electron chi connectivity index (χ0n) is 17.0. The van der Waals surface area contributed by atoms with E-state index >= 15 is 0 Å². The third-order valence-electron chi connectivity index (χ3n) is 6.03. The zero-order valence-corrected chi connectivity index (χ0v) is 17.8. The molecular weight excluding hydrogens is 398 g/mol. The number of aromatic nitrogens is 3. The molecule has 1 spiro atoms. The van der Waals surface area contributed by atoms with E-state index in [1.807, 2.05) is 36.2 Å². The summed E-state index contributed by atoms with van der Waals surface area (Å²) >= 11 is 1.79. The Bertz CT molecular complexity index is 1080. The van der Waals surface area contributed by atoms with Gasteiger partial charge in [0.2, 0.25) is 5.91 Å². The fourth-order valence-electron chi connectivity index (χ4n) is 4.45. The molecule has 0 bridgehead atoms. The van der Waals surface area contributed by atoms with Gasteiger partial charge in [0.25, 0.3) is 0 Å². The van der Waals surface area contributed by atoms with Gasteiger partial charge in [-0.15, -0.1) is 11.3 Å². The lowest BCUT2D eigenvalue weighted by atomic mass is 9.82. The van der Waals surface area contributed by atoms with Crippen LogP contribution < -0.4 is 5.73 Å². The van der Waals surface area contributed by atoms with Gasteiger partial charge in [0, 0.05) is 30.6 Å². The summed E-state index contributed by atoms with van der Waals surface area (Å²) in [4.78, 5) is 21.6. The average Bonchev–Trinajstić information content (AvgIpc) is 3.36. The molecule has 3 aromatic heterocycles. The first-order valence-electron chi connectivity index (χ1n) is 10.3. The minimum absolute atomic E-state index is 0.110. The van der Waals surface area contributed by atoms with Gasteiger partial charge in [-0.3, -0.25) is 9.48 Å². The largest absolute Gasteiger partial charge is 0.384 e. The predicted molar refractivity (Wildman–Crippen MR) is 116 cm³/mol. The lowest BCUT2D eigenvalue weighted by Gasteiger charge is -2.44. The molecule has 7 nitrogen and oxygen atoms in total. The molecule has 0 unspecified atom stereocenters. The Morgan fingerprint density at radius 1 is 1.30 bits per heavy atom. The molecule has 0 saturated carbocycles. The number of anilines is 1. The van der Waals surface area contributed by atoms with Crippen LogP contribution in [0.3, 0.4) is 0 Å². The molecule has 1 fully saturated rings. The van der Waals surface area contributed by atoms with Gasteiger partial charge in [-0.05, 0) is 49.6 Å². The zero-order chi connectivity index (χ0) is 20.7. The number of thiophene rings is 1. The van der Waals surface area contributed by atoms with Crippen molar-refractivity contribution >= 4 is 23.1 Å². The maximum absolute atomic E-state index is 12.7. The van der Waals surface area contributed by atoms with E-state index in [1.165, 1.54) is 10.4 Å². The number of nitrogens with zero attached hydrogens (tertiary/aromatic N) is 4. The lowest BCUT2D eigenvalue weighted by molar-refractivity contribution is -0.141. The molecule has 156 valence electrons. The summed E-state index contributed by atoms with van der Waals surface area (Å²) in [6, 6.07) is 9.89. The molecule has 30 heavy (non-hydrogen) atoms. The first-order chi connectivity index (χ1) is 14.5. The van der Waals surface area contributed by atoms with Gasteiger partial charge in [0.05, 0.1) is 28.5 Å². The van der Waals surface area contributed by atoms with E-state index in [1.54, 1.807) is 22.1 Å². The molecule has 0 aromatic carbocycles. The average molecular weight is 424 g/mol. The fraction of sp³-hybridized carbons (Fsp3) is 0.409. The Morgan fingerprint density at radius 2 is 2.13 bits per heavy atom. The van der Waals surface area contributed by atoms with Crippen LogP contribution in [0.1, 0.15) is 29.0 Å². The fourth-order valence-corrected chi connectivity index (χ4v) is 5.65. The van der Waals surface area contributed by atoms with Crippen LogP contribution in [0.25, 0.3) is 10.6 Å². The summed E-state index contributed by atoms with van der Waals surface area (Å²) in [6.45, 7) is 4.33. The van der Waals surface area contributed by atoms with E-state index in [0.29, 0.717) is 18.9 Å². The van der Waals surface area contributed by atoms with Crippen LogP contribution in [0.4, 0.5) is 5.82 Å². The van der Waals surface area contributed by atoms with E-state index < -0.39 is 0 Å². The van der Waals surface area contributed by atoms with E-state index in [0.717, 1.165) is 42.1 Å². The van der Waals surface area contributed by atoms with Crippen molar-refractivity contribution in [2.24, 2.45) is 0 Å². The quantitative estimate of drug-likeness (QED) is 0.700. The second-order valence-corrected chi connectivity index (χ2v) is 9.16. The first-order valence-corrected chi connectivity index (χ1v) is 11.1. The van der Waals surface area contributed by atoms with Gasteiger partial charge >= 0.3 is 0 Å². The van der Waals surface area contributed by atoms with E-state index in [4.69, 9.17) is 10.5 Å². The molecule has 0 aliphatic carbocycles. The van der Waals surface area contributed by atoms with Crippen molar-refractivity contribution in [3.8, 4) is 10.6 Å². The van der Waals surface area contributed by atoms with Gasteiger partial charge in [-0.1, -0.05) is 6.07 Å². The summed E-state index contributed by atoms with van der Waals surface area (Å²) < 4.78 is 8.07. The van der Waals surface area contributed by atoms with Crippen LogP contribution in [0.2, 0.25) is 0 Å². The number of ether oxygens (including phenoxy) is 1. The number of carbonyl (C=O) groups excluding carboxylic acids is 1. The third-order valence-corrected chi connectivity index (χ3v) is 7.24. The molecule has 1 saturated heterocycles. The SMILES string of the molecule is Cc1ccn(CC(=O)N2CCC3(CC2)OCCc2sc(-c4cccc(N)n4)cc23)n1. The molecular formula is C22H25N5O2S. The van der Waals surface area contributed by atoms with Crippen molar-refractivity contribution in [3.63, 3.8) is 0 Å². The number of likely N-dealkylation sites (tertiary alicyclic amines) is 1. The smallest absolute Gasteiger partial charge is 0.244 e. The van der Waals surface area contributed by atoms with Crippen molar-refractivity contribution in [3.05, 3.63) is 52.7 Å². The molecule has 2 aliphatic rings. The highest BCUT2D eigenvalue weighted by molar-refractivity contribution is 7.15. The highest BCUT2D eigenvalue weighted by Gasteiger charge is 2.42. The molecule has 3 aromatic rings. The van der Waals surface area contributed by atoms with Gasteiger partial charge in [0.15, 0.2) is 0 Å². The van der Waals surface area contributed by atoms with Crippen molar-refractivity contribution in [2.45, 2.75) is 38.3 Å². The summed E-state index contributed by atoms with van der Waals surface area (Å²) in [5, 5.41) is 4.33. The highest BCUT2D eigenvalue weighted by atomic mass is 32.1. The summed E-state index contributed by atoms with van der Waals surface area (Å²) in [7, 11) is 0. The molecule has 8 heteroatoms. The number of nitrogens with two attached hydrogens (primary N) is 1. The Morgan fingerprint density at radius 3 is 2.87 bits per heavy atom. The van der Waals surface area contributed by atoms with Gasteiger partial charge < -0.3 is 15.4 Å². The highest BCUT2D eigenvalue weighted by Crippen LogP contribution is 2.46. The first kappa shape index (κ1) is 19.3. The van der Waals surface area contributed by atoms with Crippen LogP contribution in [0.15, 0.2) is 36.5 Å². The standard InChI is InChI=1S/C22H25N5O2S/c1-15-5-9-27(25-15)14-21(28)26-10-7-22(8-11-26)16-13-19(30-18(16)6-12-29-22)17-3-2-4-20(23)24-17/h2-5,9,13H,6-8,10-12,14H2,1H3,(H2,23,24). The van der Waals surface area contributed by atoms with Crippen molar-refractivity contribution in [1.29, 1.82) is 0 Å². The monoisotopic (exact) mass is 423 g/mol. The number of hydrogen-bond donors (Lipinski definition) is 1. The maximum Gasteiger partial charge on any atom is 0.244 e. The molecule has 5 heterocycles. The molecule has 1 amide bonds. The Labute approximate surface area is 179 Å². The second kappa shape index (κ2) is 7.52. The van der Waals surface area contributed by atoms with Crippen molar-refractivity contribution < 1.29 is 9.53 Å². The number of nitrogen functional groups attached to an aromatic ring is 1. The molecule has 0 atom stereocenters. The maximum atomic E-state index is 12.7. The number of pyridine rings is 1. The second-order valence-electron chi connectivity index (χ2n) is 8.02. The summed E-state index contributed by atoms with van der Waals surface area (Å²) in [5.41, 5.74) is 8.68. The number of carbonyl (C=O) groups is 1. The topological polar surface area (TPSA) is 86.3 Å². The Balaban J connectivity index is 1.33. The van der Waals surface area contributed by atoms with Crippen LogP contribution in [-0.2, 0) is 28.1 Å². The number of hydrogen-bond acceptors (Lipinski definition) is 6. The van der Waals surface area contributed by atoms with Crippen molar-refractivity contribution in [2.75, 3.05) is 25.4 Å². The molecule has 5 rings (SSSR count). The number of fused-ring (bicyclic) bond motifs is 2. The summed E-state index contributed by atoms with van der Waals surface area (Å²) in [5.74, 6) is 0.642. The van der Waals surface area contributed by atoms with E-state index in [-0.39, 0.29) is 18.1 Å². The third kappa shape index (κ3) is 3.50. The van der Waals surface area contributed by atoms with Gasteiger partial charge in [-0.2, -0.15) is 5.10 Å². The van der Waals surface area contributed by atoms with E-state index in [9.17, 15) is 4.79 Å². The number of piperidine rings is 1. The minimum atomic E-state index is -0.304. The van der Waals surface area contributed by atoms with Crippen LogP contribution in [0, 0.1) is 6.92 Å². The predicted octanol–water partition coefficient (Wildman–Crippen LogP) is 2.99. The van der Waals surface area contributed by atoms with Gasteiger partial charge in [0.1, 0.15) is 12.4 Å². The number of rotatable bonds is 3. The Kier molecular flexibility index (Phi) is 4.83. The van der Waals surface area contributed by atoms with Crippen LogP contribution in [0.5, 0.6) is 0 Å². The van der Waals surface area contributed by atoms with E-state index in [2.05, 4.69) is 16.1 Å². The van der Waals surface area contributed by atoms with Crippen LogP contribution >= 0.6 is 11.3 Å². The minimum Gasteiger partial charge on any atom is -0.384 e. The molecule has 0 radical (unpaired) electrons. The molecule has 2 aliphatic heterocycles. The number of amides is 1. The van der Waals surface area contributed by atoms with Gasteiger partial charge in [-0.25, -0.2) is 4.98 Å². The Hall–Kier alpha value is -2.71. The molecule has 2 N–H and O–H groups in total. The summed E-state index contributed by atoms with van der Waals surface area (Å²) in [6.07, 6.45) is 4.40. The number of aryl methyl sites for hydroxylation is 1. The van der Waals surface area contributed by atoms with Crippen molar-refractivity contribution in [1.82, 2.24) is 19.7 Å².